The van der Waals surface area contributed by atoms with Gasteiger partial charge in [-0.15, -0.1) is 0 Å². The van der Waals surface area contributed by atoms with Crippen LogP contribution in [0.1, 0.15) is 93.8 Å². The molecule has 208 valence electrons. The summed E-state index contributed by atoms with van der Waals surface area (Å²) in [4.78, 5) is 25.9. The molecule has 1 aliphatic heterocycles. The van der Waals surface area contributed by atoms with Gasteiger partial charge in [-0.25, -0.2) is 18.7 Å². The lowest BCUT2D eigenvalue weighted by atomic mass is 9.85. The number of hydrogen-bond acceptors (Lipinski definition) is 4. The number of benzene rings is 1. The van der Waals surface area contributed by atoms with Gasteiger partial charge < -0.3 is 9.80 Å². The highest BCUT2D eigenvalue weighted by Gasteiger charge is 2.37. The standard InChI is InChI=1S/C28H35F5N4O/c1-17-14-22(30)24-23(17)25(35-16-34-24)36-10-12-37(13-11-36)26(38)20(6-5-9-27(2,3)4)19-8-7-18(15-21(19)29)28(31,32)33/h7-8,15-17,20,22H,5-6,9-14H2,1-4H3/t17-,20?,22?/m1/s1. The first-order valence-corrected chi connectivity index (χ1v) is 13.2. The van der Waals surface area contributed by atoms with Crippen LogP contribution in [0.2, 0.25) is 0 Å². The van der Waals surface area contributed by atoms with Crippen LogP contribution in [0.3, 0.4) is 0 Å². The number of carbonyl (C=O) groups is 1. The van der Waals surface area contributed by atoms with E-state index in [1.807, 2.05) is 11.8 Å². The summed E-state index contributed by atoms with van der Waals surface area (Å²) in [6.45, 7) is 9.77. The lowest BCUT2D eigenvalue weighted by molar-refractivity contribution is -0.137. The van der Waals surface area contributed by atoms with Crippen LogP contribution in [0.25, 0.3) is 0 Å². The van der Waals surface area contributed by atoms with E-state index in [1.54, 1.807) is 4.90 Å². The van der Waals surface area contributed by atoms with Crippen molar-refractivity contribution in [3.8, 4) is 0 Å². The van der Waals surface area contributed by atoms with E-state index in [-0.39, 0.29) is 22.8 Å². The Morgan fingerprint density at radius 1 is 1.11 bits per heavy atom. The largest absolute Gasteiger partial charge is 0.416 e. The molecule has 5 nitrogen and oxygen atoms in total. The number of hydrogen-bond donors (Lipinski definition) is 0. The van der Waals surface area contributed by atoms with Crippen molar-refractivity contribution in [2.75, 3.05) is 31.1 Å². The Morgan fingerprint density at radius 2 is 1.79 bits per heavy atom. The molecule has 0 radical (unpaired) electrons. The van der Waals surface area contributed by atoms with Crippen LogP contribution < -0.4 is 4.90 Å². The molecule has 2 aromatic rings. The molecule has 1 aliphatic carbocycles. The Labute approximate surface area is 220 Å². The summed E-state index contributed by atoms with van der Waals surface area (Å²) >= 11 is 0. The van der Waals surface area contributed by atoms with Gasteiger partial charge in [0.1, 0.15) is 24.1 Å². The number of nitrogens with zero attached hydrogens (tertiary/aromatic N) is 4. The minimum absolute atomic E-state index is 0.00392. The maximum absolute atomic E-state index is 15.0. The Kier molecular flexibility index (Phi) is 8.00. The van der Waals surface area contributed by atoms with Gasteiger partial charge in [0.15, 0.2) is 0 Å². The molecule has 2 unspecified atom stereocenters. The predicted molar refractivity (Wildman–Crippen MR) is 135 cm³/mol. The van der Waals surface area contributed by atoms with Crippen molar-refractivity contribution >= 4 is 11.7 Å². The van der Waals surface area contributed by atoms with E-state index in [9.17, 15) is 26.7 Å². The zero-order chi connectivity index (χ0) is 27.8. The van der Waals surface area contributed by atoms with Gasteiger partial charge in [0.05, 0.1) is 17.2 Å². The highest BCUT2D eigenvalue weighted by molar-refractivity contribution is 5.84. The molecule has 0 saturated carbocycles. The van der Waals surface area contributed by atoms with Crippen LogP contribution in [-0.4, -0.2) is 47.0 Å². The first-order valence-electron chi connectivity index (χ1n) is 13.2. The molecule has 3 atom stereocenters. The Bertz CT molecular complexity index is 1150. The highest BCUT2D eigenvalue weighted by Crippen LogP contribution is 2.45. The molecule has 1 fully saturated rings. The average molecular weight is 539 g/mol. The predicted octanol–water partition coefficient (Wildman–Crippen LogP) is 6.80. The SMILES string of the molecule is C[C@@H]1CC(F)c2ncnc(N3CCN(C(=O)C(CCCC(C)(C)C)c4ccc(C(F)(F)F)cc4F)CC3)c21. The van der Waals surface area contributed by atoms with E-state index >= 15 is 0 Å². The van der Waals surface area contributed by atoms with Crippen molar-refractivity contribution in [2.24, 2.45) is 5.41 Å². The molecule has 2 aliphatic rings. The van der Waals surface area contributed by atoms with Gasteiger partial charge in [0, 0.05) is 37.3 Å². The quantitative estimate of drug-likeness (QED) is 0.380. The fourth-order valence-electron chi connectivity index (χ4n) is 5.51. The average Bonchev–Trinajstić information content (AvgIpc) is 3.14. The van der Waals surface area contributed by atoms with Crippen molar-refractivity contribution in [3.63, 3.8) is 0 Å². The van der Waals surface area contributed by atoms with Crippen LogP contribution in [-0.2, 0) is 11.0 Å². The van der Waals surface area contributed by atoms with Crippen molar-refractivity contribution in [1.29, 1.82) is 0 Å². The Hall–Kier alpha value is -2.78. The molecule has 0 bridgehead atoms. The number of alkyl halides is 4. The third kappa shape index (κ3) is 6.10. The molecule has 4 rings (SSSR count). The van der Waals surface area contributed by atoms with E-state index in [0.717, 1.165) is 24.1 Å². The van der Waals surface area contributed by atoms with Crippen molar-refractivity contribution < 1.29 is 26.7 Å². The summed E-state index contributed by atoms with van der Waals surface area (Å²) in [6.07, 6.45) is -2.27. The molecular formula is C28H35F5N4O. The summed E-state index contributed by atoms with van der Waals surface area (Å²) in [5.41, 5.74) is 0.168. The lowest BCUT2D eigenvalue weighted by Gasteiger charge is -2.38. The molecule has 10 heteroatoms. The molecule has 38 heavy (non-hydrogen) atoms. The molecular weight excluding hydrogens is 503 g/mol. The number of aromatic nitrogens is 2. The zero-order valence-electron chi connectivity index (χ0n) is 22.3. The van der Waals surface area contributed by atoms with E-state index < -0.39 is 29.6 Å². The van der Waals surface area contributed by atoms with E-state index in [4.69, 9.17) is 0 Å². The van der Waals surface area contributed by atoms with E-state index in [1.165, 1.54) is 6.33 Å². The fraction of sp³-hybridized carbons (Fsp3) is 0.607. The lowest BCUT2D eigenvalue weighted by Crippen LogP contribution is -2.50. The van der Waals surface area contributed by atoms with Gasteiger partial charge in [-0.2, -0.15) is 13.2 Å². The smallest absolute Gasteiger partial charge is 0.353 e. The van der Waals surface area contributed by atoms with Gasteiger partial charge in [-0.05, 0) is 42.7 Å². The maximum atomic E-state index is 15.0. The van der Waals surface area contributed by atoms with Crippen LogP contribution in [0, 0.1) is 11.2 Å². The maximum Gasteiger partial charge on any atom is 0.416 e. The van der Waals surface area contributed by atoms with Gasteiger partial charge in [0.25, 0.3) is 0 Å². The minimum atomic E-state index is -4.66. The minimum Gasteiger partial charge on any atom is -0.353 e. The van der Waals surface area contributed by atoms with E-state index in [2.05, 4.69) is 30.7 Å². The third-order valence-corrected chi connectivity index (χ3v) is 7.56. The van der Waals surface area contributed by atoms with Crippen molar-refractivity contribution in [3.05, 3.63) is 52.7 Å². The second kappa shape index (κ2) is 10.8. The highest BCUT2D eigenvalue weighted by atomic mass is 19.4. The van der Waals surface area contributed by atoms with Crippen molar-refractivity contribution in [1.82, 2.24) is 14.9 Å². The second-order valence-electron chi connectivity index (χ2n) is 11.7. The van der Waals surface area contributed by atoms with Gasteiger partial charge in [-0.3, -0.25) is 4.79 Å². The first-order chi connectivity index (χ1) is 17.8. The van der Waals surface area contributed by atoms with Gasteiger partial charge in [0.2, 0.25) is 5.91 Å². The van der Waals surface area contributed by atoms with Crippen LogP contribution in [0.15, 0.2) is 24.5 Å². The third-order valence-electron chi connectivity index (χ3n) is 7.56. The summed E-state index contributed by atoms with van der Waals surface area (Å²) in [6, 6.07) is 2.43. The molecule has 1 aromatic heterocycles. The Morgan fingerprint density at radius 3 is 2.39 bits per heavy atom. The summed E-state index contributed by atoms with van der Waals surface area (Å²) in [5.74, 6) is -1.50. The number of halogens is 5. The van der Waals surface area contributed by atoms with E-state index in [0.29, 0.717) is 63.0 Å². The summed E-state index contributed by atoms with van der Waals surface area (Å²) < 4.78 is 68.7. The molecule has 1 saturated heterocycles. The first kappa shape index (κ1) is 28.2. The fourth-order valence-corrected chi connectivity index (χ4v) is 5.51. The van der Waals surface area contributed by atoms with Crippen LogP contribution >= 0.6 is 0 Å². The molecule has 1 aromatic carbocycles. The monoisotopic (exact) mass is 538 g/mol. The van der Waals surface area contributed by atoms with Gasteiger partial charge >= 0.3 is 6.18 Å². The number of rotatable bonds is 6. The number of carbonyl (C=O) groups excluding carboxylic acids is 1. The van der Waals surface area contributed by atoms with Gasteiger partial charge in [-0.1, -0.05) is 40.2 Å². The van der Waals surface area contributed by atoms with Crippen molar-refractivity contribution in [2.45, 2.75) is 77.6 Å². The Balaban J connectivity index is 1.52. The number of anilines is 1. The number of piperazine rings is 1. The molecule has 2 heterocycles. The number of amides is 1. The van der Waals surface area contributed by atoms with Crippen LogP contribution in [0.5, 0.6) is 0 Å². The summed E-state index contributed by atoms with van der Waals surface area (Å²) in [5, 5.41) is 0. The molecule has 1 amide bonds. The number of fused-ring (bicyclic) bond motifs is 1. The molecule has 0 N–H and O–H groups in total. The second-order valence-corrected chi connectivity index (χ2v) is 11.7. The topological polar surface area (TPSA) is 49.3 Å². The summed E-state index contributed by atoms with van der Waals surface area (Å²) in [7, 11) is 0. The van der Waals surface area contributed by atoms with Crippen LogP contribution in [0.4, 0.5) is 27.8 Å². The molecule has 0 spiro atoms. The normalized spacial score (nSPS) is 21.0. The zero-order valence-corrected chi connectivity index (χ0v) is 22.3.